The lowest BCUT2D eigenvalue weighted by Crippen LogP contribution is -1.79. The van der Waals surface area contributed by atoms with E-state index in [-0.39, 0.29) is 0 Å². The van der Waals surface area contributed by atoms with Gasteiger partial charge in [0.15, 0.2) is 0 Å². The predicted octanol–water partition coefficient (Wildman–Crippen LogP) is 2.02. The molecule has 0 amide bonds. The third-order valence-electron chi connectivity index (χ3n) is 0.553. The van der Waals surface area contributed by atoms with Crippen molar-refractivity contribution in [3.8, 4) is 0 Å². The van der Waals surface area contributed by atoms with E-state index in [0.717, 1.165) is 12.3 Å². The van der Waals surface area contributed by atoms with Gasteiger partial charge in [0.05, 0.1) is 0 Å². The van der Waals surface area contributed by atoms with Crippen LogP contribution in [0.3, 0.4) is 0 Å². The minimum absolute atomic E-state index is 0.725. The lowest BCUT2D eigenvalue weighted by molar-refractivity contribution is 0.655. The zero-order valence-electron chi connectivity index (χ0n) is 4.49. The Morgan fingerprint density at radius 1 is 1.67 bits per heavy atom. The molecule has 0 aromatic carbocycles. The standard InChI is InChI=1S/C6H11/c1-4-5-6(2)3/h6H,1,5H2,2-3H3. The maximum atomic E-state index is 3.48. The average molecular weight is 83.2 g/mol. The maximum Gasteiger partial charge on any atom is -0.0259 e. The Kier molecular flexibility index (Phi) is 2.82. The van der Waals surface area contributed by atoms with E-state index >= 15 is 0 Å². The van der Waals surface area contributed by atoms with Crippen molar-refractivity contribution in [2.75, 3.05) is 0 Å². The molecule has 0 aliphatic rings. The molecule has 0 spiro atoms. The van der Waals surface area contributed by atoms with Gasteiger partial charge < -0.3 is 0 Å². The predicted molar refractivity (Wildman–Crippen MR) is 28.3 cm³/mol. The quantitative estimate of drug-likeness (QED) is 0.479. The Labute approximate surface area is 39.9 Å². The molecule has 0 saturated carbocycles. The summed E-state index contributed by atoms with van der Waals surface area (Å²) in [7, 11) is 0. The summed E-state index contributed by atoms with van der Waals surface area (Å²) in [5, 5.41) is 0. The molecule has 0 fully saturated rings. The van der Waals surface area contributed by atoms with Gasteiger partial charge >= 0.3 is 0 Å². The van der Waals surface area contributed by atoms with Crippen molar-refractivity contribution in [1.82, 2.24) is 0 Å². The second-order valence-corrected chi connectivity index (χ2v) is 1.85. The van der Waals surface area contributed by atoms with Crippen LogP contribution in [0.5, 0.6) is 0 Å². The van der Waals surface area contributed by atoms with Crippen LogP contribution in [0.25, 0.3) is 0 Å². The van der Waals surface area contributed by atoms with Gasteiger partial charge in [-0.05, 0) is 12.3 Å². The summed E-state index contributed by atoms with van der Waals surface area (Å²) in [5.74, 6) is 0.725. The molecule has 0 nitrogen and oxygen atoms in total. The summed E-state index contributed by atoms with van der Waals surface area (Å²) in [6, 6.07) is 0. The second-order valence-electron chi connectivity index (χ2n) is 1.85. The highest BCUT2D eigenvalue weighted by molar-refractivity contribution is 4.56. The molecule has 0 unspecified atom stereocenters. The van der Waals surface area contributed by atoms with E-state index in [1.807, 2.05) is 0 Å². The highest BCUT2D eigenvalue weighted by Gasteiger charge is 1.83. The molecular weight excluding hydrogens is 72.1 g/mol. The first kappa shape index (κ1) is 5.74. The first-order valence-corrected chi connectivity index (χ1v) is 2.27. The van der Waals surface area contributed by atoms with Crippen molar-refractivity contribution in [2.45, 2.75) is 20.3 Å². The van der Waals surface area contributed by atoms with E-state index in [1.54, 1.807) is 0 Å². The van der Waals surface area contributed by atoms with Crippen molar-refractivity contribution in [1.29, 1.82) is 0 Å². The van der Waals surface area contributed by atoms with Gasteiger partial charge in [0.2, 0.25) is 0 Å². The molecular formula is C6H11. The Morgan fingerprint density at radius 3 is 2.17 bits per heavy atom. The van der Waals surface area contributed by atoms with Gasteiger partial charge in [0.25, 0.3) is 0 Å². The summed E-state index contributed by atoms with van der Waals surface area (Å²) in [4.78, 5) is 0. The lowest BCUT2D eigenvalue weighted by atomic mass is 10.1. The Balaban J connectivity index is 2.81. The second kappa shape index (κ2) is 2.95. The van der Waals surface area contributed by atoms with E-state index in [9.17, 15) is 0 Å². The molecule has 0 aliphatic carbocycles. The first-order valence-electron chi connectivity index (χ1n) is 2.27. The molecule has 0 N–H and O–H groups in total. The van der Waals surface area contributed by atoms with Gasteiger partial charge in [-0.1, -0.05) is 26.5 Å². The number of allylic oxidation sites excluding steroid dienone is 1. The fourth-order valence-electron chi connectivity index (χ4n) is 0.289. The molecule has 0 rings (SSSR count). The summed E-state index contributed by atoms with van der Waals surface area (Å²) in [5.41, 5.74) is 0. The van der Waals surface area contributed by atoms with Gasteiger partial charge in [-0.15, -0.1) is 0 Å². The van der Waals surface area contributed by atoms with Crippen LogP contribution in [0.2, 0.25) is 0 Å². The molecule has 0 aromatic rings. The summed E-state index contributed by atoms with van der Waals surface area (Å²) in [6.45, 7) is 7.78. The maximum absolute atomic E-state index is 3.48. The number of hydrogen-bond donors (Lipinski definition) is 0. The fourth-order valence-corrected chi connectivity index (χ4v) is 0.289. The van der Waals surface area contributed by atoms with E-state index in [2.05, 4.69) is 26.5 Å². The van der Waals surface area contributed by atoms with Gasteiger partial charge in [0, 0.05) is 0 Å². The molecule has 6 heavy (non-hydrogen) atoms. The van der Waals surface area contributed by atoms with Crippen molar-refractivity contribution in [3.05, 3.63) is 12.7 Å². The molecule has 0 aromatic heterocycles. The zero-order chi connectivity index (χ0) is 4.99. The minimum atomic E-state index is 0.725. The first-order chi connectivity index (χ1) is 2.77. The average Bonchev–Trinajstić information content (AvgIpc) is 1.35. The SMILES string of the molecule is C=[C]CC(C)C. The van der Waals surface area contributed by atoms with E-state index in [1.165, 1.54) is 0 Å². The Morgan fingerprint density at radius 2 is 2.17 bits per heavy atom. The molecule has 0 heteroatoms. The Hall–Kier alpha value is -0.260. The van der Waals surface area contributed by atoms with Crippen molar-refractivity contribution in [3.63, 3.8) is 0 Å². The minimum Gasteiger partial charge on any atom is -0.0956 e. The summed E-state index contributed by atoms with van der Waals surface area (Å²) in [6.07, 6.45) is 3.83. The molecule has 0 atom stereocenters. The van der Waals surface area contributed by atoms with Crippen LogP contribution in [-0.4, -0.2) is 0 Å². The molecule has 0 saturated heterocycles. The van der Waals surface area contributed by atoms with Crippen molar-refractivity contribution < 1.29 is 0 Å². The summed E-state index contributed by atoms with van der Waals surface area (Å²) >= 11 is 0. The number of hydrogen-bond acceptors (Lipinski definition) is 0. The van der Waals surface area contributed by atoms with Gasteiger partial charge in [-0.3, -0.25) is 0 Å². The third kappa shape index (κ3) is 3.74. The number of rotatable bonds is 2. The Bertz CT molecular complexity index is 35.3. The van der Waals surface area contributed by atoms with Crippen molar-refractivity contribution >= 4 is 0 Å². The van der Waals surface area contributed by atoms with E-state index in [4.69, 9.17) is 0 Å². The lowest BCUT2D eigenvalue weighted by Gasteiger charge is -1.91. The van der Waals surface area contributed by atoms with Crippen LogP contribution in [-0.2, 0) is 0 Å². The smallest absolute Gasteiger partial charge is 0.0259 e. The molecule has 0 heterocycles. The normalized spacial score (nSPS) is 9.17. The monoisotopic (exact) mass is 83.1 g/mol. The highest BCUT2D eigenvalue weighted by Crippen LogP contribution is 1.95. The molecule has 1 radical (unpaired) electrons. The highest BCUT2D eigenvalue weighted by atomic mass is 13.9. The zero-order valence-corrected chi connectivity index (χ0v) is 4.49. The fraction of sp³-hybridized carbons (Fsp3) is 0.667. The van der Waals surface area contributed by atoms with Crippen LogP contribution in [0.15, 0.2) is 6.58 Å². The summed E-state index contributed by atoms with van der Waals surface area (Å²) < 4.78 is 0. The molecule has 0 bridgehead atoms. The largest absolute Gasteiger partial charge is 0.0956 e. The van der Waals surface area contributed by atoms with Crippen LogP contribution >= 0.6 is 0 Å². The van der Waals surface area contributed by atoms with Crippen LogP contribution in [0.1, 0.15) is 20.3 Å². The molecule has 35 valence electrons. The van der Waals surface area contributed by atoms with Gasteiger partial charge in [-0.2, -0.15) is 0 Å². The van der Waals surface area contributed by atoms with Gasteiger partial charge in [0.1, 0.15) is 0 Å². The topological polar surface area (TPSA) is 0 Å². The van der Waals surface area contributed by atoms with Crippen LogP contribution in [0.4, 0.5) is 0 Å². The van der Waals surface area contributed by atoms with E-state index in [0.29, 0.717) is 0 Å². The van der Waals surface area contributed by atoms with Gasteiger partial charge in [-0.25, -0.2) is 0 Å². The van der Waals surface area contributed by atoms with Crippen molar-refractivity contribution in [2.24, 2.45) is 5.92 Å². The van der Waals surface area contributed by atoms with E-state index < -0.39 is 0 Å². The van der Waals surface area contributed by atoms with Crippen LogP contribution in [0, 0.1) is 12.0 Å². The van der Waals surface area contributed by atoms with Crippen LogP contribution < -0.4 is 0 Å². The molecule has 0 aliphatic heterocycles. The third-order valence-corrected chi connectivity index (χ3v) is 0.553.